The van der Waals surface area contributed by atoms with Gasteiger partial charge in [0.05, 0.1) is 25.4 Å². The van der Waals surface area contributed by atoms with Crippen molar-refractivity contribution in [2.75, 3.05) is 6.54 Å². The van der Waals surface area contributed by atoms with E-state index in [9.17, 15) is 4.79 Å². The first-order chi connectivity index (χ1) is 11.6. The fourth-order valence-electron chi connectivity index (χ4n) is 3.20. The predicted molar refractivity (Wildman–Crippen MR) is 92.4 cm³/mol. The Kier molecular flexibility index (Phi) is 5.30. The lowest BCUT2D eigenvalue weighted by atomic mass is 10.2. The molecule has 2 atom stereocenters. The van der Waals surface area contributed by atoms with Crippen LogP contribution in [0.2, 0.25) is 0 Å². The Morgan fingerprint density at radius 2 is 2.17 bits per heavy atom. The minimum atomic E-state index is -0.426. The maximum Gasteiger partial charge on any atom is 0.251 e. The molecule has 0 unspecified atom stereocenters. The molecule has 1 amide bonds. The quantitative estimate of drug-likeness (QED) is 0.820. The van der Waals surface area contributed by atoms with Crippen molar-refractivity contribution in [3.8, 4) is 0 Å². The van der Waals surface area contributed by atoms with Crippen LogP contribution in [0.25, 0.3) is 0 Å². The largest absolute Gasteiger partial charge is 0.364 e. The van der Waals surface area contributed by atoms with Crippen LogP contribution in [0.15, 0.2) is 42.7 Å². The second-order valence-electron chi connectivity index (χ2n) is 6.51. The average molecular weight is 327 g/mol. The highest BCUT2D eigenvalue weighted by Crippen LogP contribution is 2.21. The minimum Gasteiger partial charge on any atom is -0.364 e. The van der Waals surface area contributed by atoms with E-state index in [0.29, 0.717) is 6.61 Å². The van der Waals surface area contributed by atoms with Crippen LogP contribution < -0.4 is 0 Å². The van der Waals surface area contributed by atoms with Gasteiger partial charge in [0, 0.05) is 12.7 Å². The zero-order chi connectivity index (χ0) is 16.9. The molecule has 1 saturated heterocycles. The molecule has 0 N–H and O–H groups in total. The first kappa shape index (κ1) is 16.7. The number of hydrogen-bond donors (Lipinski definition) is 0. The number of aromatic nitrogens is 2. The van der Waals surface area contributed by atoms with E-state index < -0.39 is 6.10 Å². The normalized spacial score (nSPS) is 18.8. The Hall–Kier alpha value is -2.14. The van der Waals surface area contributed by atoms with E-state index in [2.05, 4.69) is 5.10 Å². The van der Waals surface area contributed by atoms with E-state index in [-0.39, 0.29) is 11.9 Å². The summed E-state index contributed by atoms with van der Waals surface area (Å²) >= 11 is 0. The van der Waals surface area contributed by atoms with Gasteiger partial charge in [-0.3, -0.25) is 9.48 Å². The predicted octanol–water partition coefficient (Wildman–Crippen LogP) is 2.79. The number of amides is 1. The molecule has 1 aromatic heterocycles. The second-order valence-corrected chi connectivity index (χ2v) is 6.51. The average Bonchev–Trinajstić information content (AvgIpc) is 3.22. The van der Waals surface area contributed by atoms with Crippen molar-refractivity contribution < 1.29 is 9.53 Å². The van der Waals surface area contributed by atoms with Gasteiger partial charge in [-0.25, -0.2) is 0 Å². The number of carbonyl (C=O) groups is 1. The molecule has 2 aromatic rings. The van der Waals surface area contributed by atoms with E-state index in [1.54, 1.807) is 0 Å². The van der Waals surface area contributed by atoms with Gasteiger partial charge in [0.15, 0.2) is 0 Å². The molecule has 0 aliphatic carbocycles. The molecule has 3 rings (SSSR count). The van der Waals surface area contributed by atoms with E-state index in [1.807, 2.05) is 66.2 Å². The first-order valence-electron chi connectivity index (χ1n) is 8.58. The number of nitrogens with zero attached hydrogens (tertiary/aromatic N) is 3. The lowest BCUT2D eigenvalue weighted by Gasteiger charge is -2.27. The Bertz CT molecular complexity index is 668. The maximum atomic E-state index is 12.7. The number of carbonyl (C=O) groups excluding carboxylic acids is 1. The van der Waals surface area contributed by atoms with Crippen molar-refractivity contribution in [2.45, 2.75) is 52.0 Å². The van der Waals surface area contributed by atoms with Gasteiger partial charge >= 0.3 is 0 Å². The summed E-state index contributed by atoms with van der Waals surface area (Å²) in [7, 11) is 0. The maximum absolute atomic E-state index is 12.7. The van der Waals surface area contributed by atoms with Crippen molar-refractivity contribution in [2.24, 2.45) is 0 Å². The van der Waals surface area contributed by atoms with Gasteiger partial charge in [-0.2, -0.15) is 5.10 Å². The van der Waals surface area contributed by atoms with Gasteiger partial charge in [-0.05, 0) is 37.8 Å². The molecule has 1 aliphatic heterocycles. The number of aryl methyl sites for hydroxylation is 1. The molecule has 1 aromatic carbocycles. The summed E-state index contributed by atoms with van der Waals surface area (Å²) in [5, 5.41) is 4.34. The van der Waals surface area contributed by atoms with Gasteiger partial charge in [0.1, 0.15) is 6.10 Å². The third kappa shape index (κ3) is 4.03. The molecule has 5 nitrogen and oxygen atoms in total. The molecule has 5 heteroatoms. The van der Waals surface area contributed by atoms with Crippen LogP contribution in [-0.4, -0.2) is 39.3 Å². The molecule has 2 heterocycles. The summed E-state index contributed by atoms with van der Waals surface area (Å²) in [4.78, 5) is 14.7. The van der Waals surface area contributed by atoms with Crippen molar-refractivity contribution in [3.05, 3.63) is 53.9 Å². The number of likely N-dealkylation sites (tertiary alicyclic amines) is 1. The summed E-state index contributed by atoms with van der Waals surface area (Å²) in [5.41, 5.74) is 2.23. The standard InChI is InChI=1S/C19H25N3O2/c1-15-11-20-21(12-15)13-18-9-6-10-22(18)19(23)16(2)24-14-17-7-4-3-5-8-17/h3-5,7-8,11-12,16,18H,6,9-10,13-14H2,1-2H3/t16-,18+/m1/s1. The molecule has 0 spiro atoms. The molecule has 0 bridgehead atoms. The Morgan fingerprint density at radius 3 is 2.88 bits per heavy atom. The molecule has 1 fully saturated rings. The van der Waals surface area contributed by atoms with Gasteiger partial charge in [0.2, 0.25) is 0 Å². The van der Waals surface area contributed by atoms with Crippen molar-refractivity contribution in [1.29, 1.82) is 0 Å². The summed E-state index contributed by atoms with van der Waals surface area (Å²) in [6.07, 6.45) is 5.52. The molecule has 128 valence electrons. The van der Waals surface area contributed by atoms with Crippen LogP contribution in [0.1, 0.15) is 30.9 Å². The van der Waals surface area contributed by atoms with Crippen LogP contribution in [0, 0.1) is 6.92 Å². The van der Waals surface area contributed by atoms with Gasteiger partial charge in [-0.1, -0.05) is 30.3 Å². The van der Waals surface area contributed by atoms with Crippen LogP contribution in [0.3, 0.4) is 0 Å². The second kappa shape index (κ2) is 7.62. The number of ether oxygens (including phenoxy) is 1. The summed E-state index contributed by atoms with van der Waals surface area (Å²) in [6.45, 7) is 5.90. The number of benzene rings is 1. The fraction of sp³-hybridized carbons (Fsp3) is 0.474. The van der Waals surface area contributed by atoms with Crippen molar-refractivity contribution in [1.82, 2.24) is 14.7 Å². The summed E-state index contributed by atoms with van der Waals surface area (Å²) < 4.78 is 7.72. The van der Waals surface area contributed by atoms with E-state index in [4.69, 9.17) is 4.74 Å². The monoisotopic (exact) mass is 327 g/mol. The molecular weight excluding hydrogens is 302 g/mol. The molecule has 1 aliphatic rings. The molecule has 0 radical (unpaired) electrons. The SMILES string of the molecule is Cc1cnn(C[C@@H]2CCCN2C(=O)[C@@H](C)OCc2ccccc2)c1. The highest BCUT2D eigenvalue weighted by Gasteiger charge is 2.32. The molecule has 0 saturated carbocycles. The zero-order valence-corrected chi connectivity index (χ0v) is 14.4. The summed E-state index contributed by atoms with van der Waals surface area (Å²) in [6, 6.07) is 10.2. The minimum absolute atomic E-state index is 0.0808. The lowest BCUT2D eigenvalue weighted by molar-refractivity contribution is -0.144. The third-order valence-corrected chi connectivity index (χ3v) is 4.51. The van der Waals surface area contributed by atoms with Gasteiger partial charge in [-0.15, -0.1) is 0 Å². The Labute approximate surface area is 143 Å². The summed E-state index contributed by atoms with van der Waals surface area (Å²) in [5.74, 6) is 0.0808. The van der Waals surface area contributed by atoms with Crippen molar-refractivity contribution >= 4 is 5.91 Å². The van der Waals surface area contributed by atoms with Crippen LogP contribution >= 0.6 is 0 Å². The molecule has 24 heavy (non-hydrogen) atoms. The Balaban J connectivity index is 1.56. The topological polar surface area (TPSA) is 47.4 Å². The lowest BCUT2D eigenvalue weighted by Crippen LogP contribution is -2.43. The number of rotatable bonds is 6. The van der Waals surface area contributed by atoms with Gasteiger partial charge < -0.3 is 9.64 Å². The highest BCUT2D eigenvalue weighted by atomic mass is 16.5. The van der Waals surface area contributed by atoms with Crippen molar-refractivity contribution in [3.63, 3.8) is 0 Å². The smallest absolute Gasteiger partial charge is 0.251 e. The van der Waals surface area contributed by atoms with E-state index in [0.717, 1.165) is 37.1 Å². The first-order valence-corrected chi connectivity index (χ1v) is 8.58. The van der Waals surface area contributed by atoms with E-state index in [1.165, 1.54) is 0 Å². The zero-order valence-electron chi connectivity index (χ0n) is 14.4. The molecular formula is C19H25N3O2. The number of hydrogen-bond acceptors (Lipinski definition) is 3. The highest BCUT2D eigenvalue weighted by molar-refractivity contribution is 5.81. The van der Waals surface area contributed by atoms with Crippen LogP contribution in [0.5, 0.6) is 0 Å². The third-order valence-electron chi connectivity index (χ3n) is 4.51. The Morgan fingerprint density at radius 1 is 1.38 bits per heavy atom. The van der Waals surface area contributed by atoms with Crippen LogP contribution in [-0.2, 0) is 22.7 Å². The van der Waals surface area contributed by atoms with Gasteiger partial charge in [0.25, 0.3) is 5.91 Å². The fourth-order valence-corrected chi connectivity index (χ4v) is 3.20. The van der Waals surface area contributed by atoms with E-state index >= 15 is 0 Å². The van der Waals surface area contributed by atoms with Crippen LogP contribution in [0.4, 0.5) is 0 Å².